The molecule has 0 aliphatic rings. The number of nitrogens with one attached hydrogen (secondary N) is 1. The normalized spacial score (nSPS) is 10.5. The molecule has 3 N–H and O–H groups in total. The van der Waals surface area contributed by atoms with E-state index in [0.29, 0.717) is 12.2 Å². The molecular weight excluding hydrogens is 248 g/mol. The van der Waals surface area contributed by atoms with Gasteiger partial charge in [0.05, 0.1) is 18.4 Å². The maximum atomic E-state index is 11.7. The Morgan fingerprint density at radius 2 is 2.44 bits per heavy atom. The maximum absolute atomic E-state index is 11.7. The summed E-state index contributed by atoms with van der Waals surface area (Å²) in [4.78, 5) is 12.9. The smallest absolute Gasteiger partial charge is 0.242 e. The molecule has 0 fully saturated rings. The van der Waals surface area contributed by atoms with E-state index in [4.69, 9.17) is 5.73 Å². The van der Waals surface area contributed by atoms with Crippen LogP contribution in [0.5, 0.6) is 0 Å². The van der Waals surface area contributed by atoms with Crippen molar-refractivity contribution in [1.82, 2.24) is 15.1 Å². The average Bonchev–Trinajstić information content (AvgIpc) is 2.95. The summed E-state index contributed by atoms with van der Waals surface area (Å²) in [6, 6.07) is 2.10. The number of nitrogens with two attached hydrogens (primary N) is 1. The molecule has 2 aromatic heterocycles. The van der Waals surface area contributed by atoms with Crippen LogP contribution in [0, 0.1) is 0 Å². The summed E-state index contributed by atoms with van der Waals surface area (Å²) >= 11 is 1.67. The van der Waals surface area contributed by atoms with Gasteiger partial charge < -0.3 is 11.1 Å². The summed E-state index contributed by atoms with van der Waals surface area (Å²) in [6.07, 6.45) is 4.16. The third-order valence-electron chi connectivity index (χ3n) is 2.62. The predicted molar refractivity (Wildman–Crippen MR) is 72.2 cm³/mol. The highest BCUT2D eigenvalue weighted by molar-refractivity contribution is 7.10. The van der Waals surface area contributed by atoms with Crippen LogP contribution < -0.4 is 11.1 Å². The van der Waals surface area contributed by atoms with Crippen molar-refractivity contribution < 1.29 is 4.79 Å². The van der Waals surface area contributed by atoms with Gasteiger partial charge in [0, 0.05) is 11.1 Å². The maximum Gasteiger partial charge on any atom is 0.242 e. The van der Waals surface area contributed by atoms with Crippen LogP contribution >= 0.6 is 11.3 Å². The Morgan fingerprint density at radius 1 is 1.61 bits per heavy atom. The summed E-state index contributed by atoms with van der Waals surface area (Å²) in [5.41, 5.74) is 7.39. The molecule has 0 saturated heterocycles. The van der Waals surface area contributed by atoms with E-state index in [1.807, 2.05) is 0 Å². The Hall–Kier alpha value is -1.82. The van der Waals surface area contributed by atoms with Gasteiger partial charge in [0.25, 0.3) is 0 Å². The fourth-order valence-corrected chi connectivity index (χ4v) is 2.60. The van der Waals surface area contributed by atoms with Crippen molar-refractivity contribution in [2.24, 2.45) is 0 Å². The number of carbonyl (C=O) groups is 1. The molecular formula is C12H16N4OS. The summed E-state index contributed by atoms with van der Waals surface area (Å²) in [5.74, 6) is -0.0615. The molecule has 0 aromatic carbocycles. The monoisotopic (exact) mass is 264 g/mol. The van der Waals surface area contributed by atoms with Crippen LogP contribution in [0.1, 0.15) is 17.4 Å². The molecule has 96 valence electrons. The first-order chi connectivity index (χ1) is 8.69. The zero-order valence-electron chi connectivity index (χ0n) is 10.2. The highest BCUT2D eigenvalue weighted by Gasteiger charge is 2.06. The van der Waals surface area contributed by atoms with Crippen molar-refractivity contribution in [3.63, 3.8) is 0 Å². The van der Waals surface area contributed by atoms with Crippen molar-refractivity contribution >= 4 is 22.9 Å². The largest absolute Gasteiger partial charge is 0.396 e. The second-order valence-corrected chi connectivity index (χ2v) is 4.97. The molecule has 0 bridgehead atoms. The number of aromatic nitrogens is 2. The standard InChI is InChI=1S/C12H16N4OS/c1-2-9-3-4-18-11(9)6-14-12(17)8-16-7-10(13)5-15-16/h3-5,7H,2,6,8,13H2,1H3,(H,14,17). The third-order valence-corrected chi connectivity index (χ3v) is 3.59. The quantitative estimate of drug-likeness (QED) is 0.857. The summed E-state index contributed by atoms with van der Waals surface area (Å²) in [7, 11) is 0. The number of nitrogens with zero attached hydrogens (tertiary/aromatic N) is 2. The lowest BCUT2D eigenvalue weighted by Gasteiger charge is -2.05. The number of nitrogen functional groups attached to an aromatic ring is 1. The zero-order valence-corrected chi connectivity index (χ0v) is 11.0. The van der Waals surface area contributed by atoms with E-state index in [1.54, 1.807) is 17.5 Å². The fraction of sp³-hybridized carbons (Fsp3) is 0.333. The first-order valence-corrected chi connectivity index (χ1v) is 6.67. The van der Waals surface area contributed by atoms with E-state index >= 15 is 0 Å². The Balaban J connectivity index is 1.85. The first-order valence-electron chi connectivity index (χ1n) is 5.79. The molecule has 5 nitrogen and oxygen atoms in total. The Bertz CT molecular complexity index is 532. The minimum Gasteiger partial charge on any atom is -0.396 e. The van der Waals surface area contributed by atoms with Crippen molar-refractivity contribution in [3.05, 3.63) is 34.3 Å². The lowest BCUT2D eigenvalue weighted by Crippen LogP contribution is -2.27. The first kappa shape index (κ1) is 12.6. The highest BCUT2D eigenvalue weighted by atomic mass is 32.1. The van der Waals surface area contributed by atoms with Gasteiger partial charge in [-0.25, -0.2) is 0 Å². The lowest BCUT2D eigenvalue weighted by molar-refractivity contribution is -0.122. The van der Waals surface area contributed by atoms with Crippen LogP contribution in [-0.2, 0) is 24.3 Å². The second kappa shape index (κ2) is 5.68. The molecule has 0 atom stereocenters. The van der Waals surface area contributed by atoms with Gasteiger partial charge in [0.1, 0.15) is 6.54 Å². The molecule has 0 aliphatic heterocycles. The van der Waals surface area contributed by atoms with Gasteiger partial charge >= 0.3 is 0 Å². The number of aryl methyl sites for hydroxylation is 1. The van der Waals surface area contributed by atoms with Crippen LogP contribution in [-0.4, -0.2) is 15.7 Å². The molecule has 1 amide bonds. The number of amides is 1. The molecule has 0 unspecified atom stereocenters. The molecule has 0 spiro atoms. The summed E-state index contributed by atoms with van der Waals surface area (Å²) < 4.78 is 1.53. The SMILES string of the molecule is CCc1ccsc1CNC(=O)Cn1cc(N)cn1. The number of hydrogen-bond acceptors (Lipinski definition) is 4. The molecule has 0 aliphatic carbocycles. The fourth-order valence-electron chi connectivity index (χ4n) is 1.69. The highest BCUT2D eigenvalue weighted by Crippen LogP contribution is 2.16. The molecule has 2 heterocycles. The minimum atomic E-state index is -0.0615. The van der Waals surface area contributed by atoms with E-state index in [1.165, 1.54) is 21.3 Å². The molecule has 2 rings (SSSR count). The third kappa shape index (κ3) is 3.10. The van der Waals surface area contributed by atoms with Crippen molar-refractivity contribution in [1.29, 1.82) is 0 Å². The van der Waals surface area contributed by atoms with Crippen molar-refractivity contribution in [3.8, 4) is 0 Å². The van der Waals surface area contributed by atoms with Crippen LogP contribution in [0.25, 0.3) is 0 Å². The van der Waals surface area contributed by atoms with E-state index in [2.05, 4.69) is 28.8 Å². The van der Waals surface area contributed by atoms with Gasteiger partial charge in [-0.2, -0.15) is 5.10 Å². The van der Waals surface area contributed by atoms with Crippen molar-refractivity contribution in [2.75, 3.05) is 5.73 Å². The Kier molecular flexibility index (Phi) is 3.99. The van der Waals surface area contributed by atoms with E-state index in [-0.39, 0.29) is 12.5 Å². The number of thiophene rings is 1. The van der Waals surface area contributed by atoms with Crippen LogP contribution in [0.4, 0.5) is 5.69 Å². The minimum absolute atomic E-state index is 0.0615. The number of carbonyl (C=O) groups excluding carboxylic acids is 1. The van der Waals surface area contributed by atoms with E-state index < -0.39 is 0 Å². The van der Waals surface area contributed by atoms with Gasteiger partial charge in [-0.05, 0) is 23.4 Å². The van der Waals surface area contributed by atoms with Crippen LogP contribution in [0.2, 0.25) is 0 Å². The molecule has 2 aromatic rings. The average molecular weight is 264 g/mol. The van der Waals surface area contributed by atoms with Gasteiger partial charge in [-0.1, -0.05) is 6.92 Å². The molecule has 0 radical (unpaired) electrons. The van der Waals surface area contributed by atoms with E-state index in [9.17, 15) is 4.79 Å². The Morgan fingerprint density at radius 3 is 3.11 bits per heavy atom. The van der Waals surface area contributed by atoms with E-state index in [0.717, 1.165) is 6.42 Å². The second-order valence-electron chi connectivity index (χ2n) is 3.97. The number of rotatable bonds is 5. The number of anilines is 1. The summed E-state index contributed by atoms with van der Waals surface area (Å²) in [5, 5.41) is 8.91. The van der Waals surface area contributed by atoms with Crippen molar-refractivity contribution in [2.45, 2.75) is 26.4 Å². The topological polar surface area (TPSA) is 72.9 Å². The number of hydrogen-bond donors (Lipinski definition) is 2. The van der Waals surface area contributed by atoms with Gasteiger partial charge in [0.2, 0.25) is 5.91 Å². The predicted octanol–water partition coefficient (Wildman–Crippen LogP) is 1.41. The summed E-state index contributed by atoms with van der Waals surface area (Å²) in [6.45, 7) is 2.89. The molecule has 0 saturated carbocycles. The van der Waals surface area contributed by atoms with Crippen LogP contribution in [0.3, 0.4) is 0 Å². The lowest BCUT2D eigenvalue weighted by atomic mass is 10.2. The van der Waals surface area contributed by atoms with Gasteiger partial charge in [-0.15, -0.1) is 11.3 Å². The molecule has 6 heteroatoms. The van der Waals surface area contributed by atoms with Gasteiger partial charge in [-0.3, -0.25) is 9.48 Å². The Labute approximate surface area is 110 Å². The van der Waals surface area contributed by atoms with Crippen LogP contribution in [0.15, 0.2) is 23.8 Å². The molecule has 18 heavy (non-hydrogen) atoms. The van der Waals surface area contributed by atoms with Gasteiger partial charge in [0.15, 0.2) is 0 Å². The zero-order chi connectivity index (χ0) is 13.0.